The lowest BCUT2D eigenvalue weighted by Crippen LogP contribution is -1.96. The lowest BCUT2D eigenvalue weighted by molar-refractivity contribution is 1.21. The molecule has 5 nitrogen and oxygen atoms in total. The van der Waals surface area contributed by atoms with E-state index in [4.69, 9.17) is 10.5 Å². The van der Waals surface area contributed by atoms with Crippen LogP contribution >= 0.6 is 0 Å². The first-order valence-electron chi connectivity index (χ1n) is 7.80. The number of H-pyrrole nitrogens is 1. The smallest absolute Gasteiger partial charge is 0.0761 e. The van der Waals surface area contributed by atoms with E-state index in [1.807, 2.05) is 31.2 Å². The Morgan fingerprint density at radius 2 is 1.83 bits per heavy atom. The van der Waals surface area contributed by atoms with Gasteiger partial charge in [-0.25, -0.2) is 0 Å². The maximum absolute atomic E-state index is 8.57. The number of aryl methyl sites for hydroxylation is 2. The highest BCUT2D eigenvalue weighted by atomic mass is 15.1. The molecule has 0 saturated heterocycles. The Bertz CT molecular complexity index is 933. The Morgan fingerprint density at radius 3 is 2.33 bits per heavy atom. The third-order valence-electron chi connectivity index (χ3n) is 4.04. The zero-order valence-electron chi connectivity index (χ0n) is 14.3. The number of allylic oxidation sites excluding steroid dienone is 2. The highest BCUT2D eigenvalue weighted by Gasteiger charge is 2.19. The van der Waals surface area contributed by atoms with Crippen molar-refractivity contribution in [2.45, 2.75) is 27.7 Å². The van der Waals surface area contributed by atoms with Crippen molar-refractivity contribution in [2.75, 3.05) is 0 Å². The van der Waals surface area contributed by atoms with E-state index in [1.165, 1.54) is 5.56 Å². The van der Waals surface area contributed by atoms with Crippen LogP contribution in [-0.4, -0.2) is 10.7 Å². The first-order chi connectivity index (χ1) is 11.5. The Morgan fingerprint density at radius 1 is 1.12 bits per heavy atom. The molecule has 1 aromatic heterocycles. The van der Waals surface area contributed by atoms with Crippen molar-refractivity contribution in [3.63, 3.8) is 0 Å². The molecular formula is C19H19N5. The Labute approximate surface area is 141 Å². The quantitative estimate of drug-likeness (QED) is 0.425. The normalized spacial score (nSPS) is 15.7. The molecule has 0 amide bonds. The van der Waals surface area contributed by atoms with Crippen LogP contribution in [-0.2, 0) is 0 Å². The van der Waals surface area contributed by atoms with Gasteiger partial charge in [0.2, 0.25) is 0 Å². The summed E-state index contributed by atoms with van der Waals surface area (Å²) in [6.07, 6.45) is 2.09. The summed E-state index contributed by atoms with van der Waals surface area (Å²) in [6, 6.07) is 9.72. The third-order valence-corrected chi connectivity index (χ3v) is 4.04. The number of azide groups is 1. The van der Waals surface area contributed by atoms with E-state index in [9.17, 15) is 0 Å². The molecule has 0 atom stereocenters. The Balaban J connectivity index is 2.24. The second-order valence-electron chi connectivity index (χ2n) is 6.05. The van der Waals surface area contributed by atoms with Gasteiger partial charge in [0, 0.05) is 27.6 Å². The molecule has 1 aromatic carbocycles. The first-order valence-corrected chi connectivity index (χ1v) is 7.80. The van der Waals surface area contributed by atoms with Crippen molar-refractivity contribution in [1.29, 1.82) is 0 Å². The van der Waals surface area contributed by atoms with E-state index < -0.39 is 0 Å². The van der Waals surface area contributed by atoms with Gasteiger partial charge in [0.15, 0.2) is 0 Å². The molecule has 5 heteroatoms. The van der Waals surface area contributed by atoms with Gasteiger partial charge in [-0.2, -0.15) is 0 Å². The van der Waals surface area contributed by atoms with E-state index in [1.54, 1.807) is 0 Å². The fourth-order valence-electron chi connectivity index (χ4n) is 3.07. The number of aliphatic imine (C=N–C) groups is 1. The Kier molecular flexibility index (Phi) is 4.11. The average Bonchev–Trinajstić information content (AvgIpc) is 3.03. The largest absolute Gasteiger partial charge is 0.358 e. The van der Waals surface area contributed by atoms with Crippen molar-refractivity contribution in [1.82, 2.24) is 4.98 Å². The zero-order valence-corrected chi connectivity index (χ0v) is 14.3. The summed E-state index contributed by atoms with van der Waals surface area (Å²) >= 11 is 0. The number of rotatable bonds is 3. The van der Waals surface area contributed by atoms with Crippen LogP contribution in [0.2, 0.25) is 0 Å². The van der Waals surface area contributed by atoms with E-state index in [0.29, 0.717) is 5.69 Å². The lowest BCUT2D eigenvalue weighted by atomic mass is 9.96. The molecule has 0 radical (unpaired) electrons. The average molecular weight is 317 g/mol. The van der Waals surface area contributed by atoms with Crippen molar-refractivity contribution in [2.24, 2.45) is 10.1 Å². The van der Waals surface area contributed by atoms with Crippen LogP contribution in [0.3, 0.4) is 0 Å². The van der Waals surface area contributed by atoms with Gasteiger partial charge >= 0.3 is 0 Å². The van der Waals surface area contributed by atoms with E-state index in [-0.39, 0.29) is 0 Å². The second kappa shape index (κ2) is 6.22. The summed E-state index contributed by atoms with van der Waals surface area (Å²) < 4.78 is 0. The molecule has 120 valence electrons. The van der Waals surface area contributed by atoms with Gasteiger partial charge < -0.3 is 4.98 Å². The lowest BCUT2D eigenvalue weighted by Gasteiger charge is -2.12. The summed E-state index contributed by atoms with van der Waals surface area (Å²) in [5, 5.41) is 3.64. The molecule has 0 aliphatic carbocycles. The van der Waals surface area contributed by atoms with Gasteiger partial charge in [-0.15, -0.1) is 0 Å². The highest BCUT2D eigenvalue weighted by Crippen LogP contribution is 2.35. The molecule has 24 heavy (non-hydrogen) atoms. The van der Waals surface area contributed by atoms with Crippen LogP contribution in [0.5, 0.6) is 0 Å². The van der Waals surface area contributed by atoms with Gasteiger partial charge in [0.1, 0.15) is 0 Å². The topological polar surface area (TPSA) is 76.9 Å². The van der Waals surface area contributed by atoms with E-state index >= 15 is 0 Å². The first kappa shape index (κ1) is 15.8. The van der Waals surface area contributed by atoms with Gasteiger partial charge in [-0.1, -0.05) is 29.4 Å². The maximum atomic E-state index is 8.57. The second-order valence-corrected chi connectivity index (χ2v) is 6.05. The molecule has 1 N–H and O–H groups in total. The van der Waals surface area contributed by atoms with Crippen molar-refractivity contribution in [3.8, 4) is 0 Å². The molecule has 0 unspecified atom stereocenters. The highest BCUT2D eigenvalue weighted by molar-refractivity contribution is 6.01. The van der Waals surface area contributed by atoms with Crippen LogP contribution in [0.15, 0.2) is 57.8 Å². The number of hydrogen-bond donors (Lipinski definition) is 1. The molecule has 2 heterocycles. The number of nitrogens with zero attached hydrogens (tertiary/aromatic N) is 4. The number of aromatic nitrogens is 1. The molecule has 0 fully saturated rings. The van der Waals surface area contributed by atoms with Crippen LogP contribution < -0.4 is 0 Å². The number of aromatic amines is 1. The molecule has 0 spiro atoms. The van der Waals surface area contributed by atoms with Gasteiger partial charge in [-0.3, -0.25) is 4.99 Å². The summed E-state index contributed by atoms with van der Waals surface area (Å²) in [5.74, 6) is 0. The minimum absolute atomic E-state index is 0.600. The molecule has 0 bridgehead atoms. The number of benzene rings is 1. The third kappa shape index (κ3) is 2.90. The fraction of sp³-hybridized carbons (Fsp3) is 0.211. The van der Waals surface area contributed by atoms with Crippen molar-refractivity contribution < 1.29 is 0 Å². The molecular weight excluding hydrogens is 298 g/mol. The van der Waals surface area contributed by atoms with Crippen LogP contribution in [0.25, 0.3) is 16.0 Å². The monoisotopic (exact) mass is 317 g/mol. The van der Waals surface area contributed by atoms with Crippen molar-refractivity contribution in [3.05, 3.63) is 80.6 Å². The zero-order chi connectivity index (χ0) is 17.3. The van der Waals surface area contributed by atoms with Crippen molar-refractivity contribution >= 4 is 17.0 Å². The minimum atomic E-state index is 0.600. The predicted molar refractivity (Wildman–Crippen MR) is 98.4 cm³/mol. The summed E-state index contributed by atoms with van der Waals surface area (Å²) in [7, 11) is 0. The molecule has 3 rings (SSSR count). The van der Waals surface area contributed by atoms with E-state index in [2.05, 4.69) is 47.9 Å². The number of hydrogen-bond acceptors (Lipinski definition) is 2. The van der Waals surface area contributed by atoms with Gasteiger partial charge in [0.05, 0.1) is 11.4 Å². The number of nitrogens with one attached hydrogen (secondary N) is 1. The standard InChI is InChI=1S/C19H19N5/c1-11-9-13(3)21-18(11)17(19-12(2)10-14(4)22-19)15-5-7-16(8-6-15)23-24-20/h5-10,21H,1-4H3/b19-17-. The maximum Gasteiger partial charge on any atom is 0.0761 e. The van der Waals surface area contributed by atoms with Gasteiger partial charge in [-0.05, 0) is 62.1 Å². The fourth-order valence-corrected chi connectivity index (χ4v) is 3.07. The molecule has 1 aliphatic heterocycles. The summed E-state index contributed by atoms with van der Waals surface area (Å²) in [4.78, 5) is 11.0. The summed E-state index contributed by atoms with van der Waals surface area (Å²) in [5.41, 5.74) is 17.8. The SMILES string of the molecule is CC1=CC(C)=N/C1=C(/c1ccc(N=[N+]=[N-])cc1)c1[nH]c(C)cc1C. The van der Waals surface area contributed by atoms with Gasteiger partial charge in [0.25, 0.3) is 0 Å². The predicted octanol–water partition coefficient (Wildman–Crippen LogP) is 5.75. The van der Waals surface area contributed by atoms with Crippen LogP contribution in [0.4, 0.5) is 5.69 Å². The molecule has 0 saturated carbocycles. The Hall–Kier alpha value is -3.04. The minimum Gasteiger partial charge on any atom is -0.358 e. The molecule has 1 aliphatic rings. The summed E-state index contributed by atoms with van der Waals surface area (Å²) in [6.45, 7) is 8.23. The van der Waals surface area contributed by atoms with Crippen LogP contribution in [0.1, 0.15) is 36.4 Å². The molecule has 2 aromatic rings. The van der Waals surface area contributed by atoms with Crippen LogP contribution in [0, 0.1) is 13.8 Å². The van der Waals surface area contributed by atoms with E-state index in [0.717, 1.165) is 39.5 Å².